The van der Waals surface area contributed by atoms with Gasteiger partial charge in [0, 0.05) is 19.2 Å². The molecule has 1 fully saturated rings. The van der Waals surface area contributed by atoms with Crippen molar-refractivity contribution in [3.63, 3.8) is 0 Å². The first-order valence-electron chi connectivity index (χ1n) is 5.96. The van der Waals surface area contributed by atoms with Gasteiger partial charge in [0.05, 0.1) is 16.4 Å². The van der Waals surface area contributed by atoms with E-state index < -0.39 is 22.7 Å². The molecule has 2 rings (SSSR count). The molecule has 1 aromatic carbocycles. The number of rotatable bonds is 4. The Balaban J connectivity index is 2.46. The van der Waals surface area contributed by atoms with E-state index in [0.29, 0.717) is 13.0 Å². The Labute approximate surface area is 113 Å². The number of carboxylic acids is 1. The summed E-state index contributed by atoms with van der Waals surface area (Å²) in [6.07, 6.45) is 0.459. The Bertz CT molecular complexity index is 554. The van der Waals surface area contributed by atoms with Crippen molar-refractivity contribution in [1.29, 1.82) is 0 Å². The summed E-state index contributed by atoms with van der Waals surface area (Å²) in [4.78, 5) is 34.4. The fourth-order valence-electron chi connectivity index (χ4n) is 2.38. The maximum absolute atomic E-state index is 11.2. The molecule has 1 atom stereocenters. The van der Waals surface area contributed by atoms with Crippen molar-refractivity contribution < 1.29 is 19.6 Å². The van der Waals surface area contributed by atoms with E-state index in [0.717, 1.165) is 0 Å². The van der Waals surface area contributed by atoms with E-state index in [1.54, 1.807) is 0 Å². The lowest BCUT2D eigenvalue weighted by atomic mass is 10.1. The number of aromatic carboxylic acids is 1. The average Bonchev–Trinajstić information content (AvgIpc) is 2.87. The summed E-state index contributed by atoms with van der Waals surface area (Å²) in [5.74, 6) is -2.15. The van der Waals surface area contributed by atoms with Crippen LogP contribution in [0.25, 0.3) is 0 Å². The number of nitrogens with two attached hydrogens (primary N) is 1. The molecule has 1 aromatic rings. The van der Waals surface area contributed by atoms with Crippen LogP contribution in [0.2, 0.25) is 0 Å². The molecule has 0 radical (unpaired) electrons. The maximum atomic E-state index is 11.2. The molecule has 1 heterocycles. The van der Waals surface area contributed by atoms with E-state index >= 15 is 0 Å². The molecule has 0 aliphatic carbocycles. The van der Waals surface area contributed by atoms with Crippen LogP contribution in [0.4, 0.5) is 11.4 Å². The van der Waals surface area contributed by atoms with Gasteiger partial charge in [-0.3, -0.25) is 14.9 Å². The van der Waals surface area contributed by atoms with E-state index in [2.05, 4.69) is 0 Å². The van der Waals surface area contributed by atoms with Gasteiger partial charge in [-0.25, -0.2) is 4.79 Å². The highest BCUT2D eigenvalue weighted by Gasteiger charge is 2.33. The predicted molar refractivity (Wildman–Crippen MR) is 69.6 cm³/mol. The van der Waals surface area contributed by atoms with Gasteiger partial charge in [0.1, 0.15) is 5.69 Å². The van der Waals surface area contributed by atoms with Crippen LogP contribution in [0, 0.1) is 16.0 Å². The zero-order chi connectivity index (χ0) is 14.9. The van der Waals surface area contributed by atoms with Gasteiger partial charge in [0.25, 0.3) is 5.69 Å². The molecule has 1 unspecified atom stereocenters. The molecule has 0 bridgehead atoms. The summed E-state index contributed by atoms with van der Waals surface area (Å²) in [5, 5.41) is 20.2. The van der Waals surface area contributed by atoms with Gasteiger partial charge >= 0.3 is 5.97 Å². The number of carboxylic acid groups (broad SMARTS) is 1. The molecular formula is C12H13N3O5. The topological polar surface area (TPSA) is 127 Å². The molecular weight excluding hydrogens is 266 g/mol. The second-order valence-electron chi connectivity index (χ2n) is 4.57. The fourth-order valence-corrected chi connectivity index (χ4v) is 2.38. The van der Waals surface area contributed by atoms with Gasteiger partial charge in [-0.2, -0.15) is 0 Å². The normalized spacial score (nSPS) is 18.0. The molecule has 3 N–H and O–H groups in total. The van der Waals surface area contributed by atoms with Crippen LogP contribution in [0.1, 0.15) is 16.8 Å². The zero-order valence-corrected chi connectivity index (χ0v) is 10.5. The Morgan fingerprint density at radius 2 is 2.15 bits per heavy atom. The number of benzene rings is 1. The number of anilines is 1. The van der Waals surface area contributed by atoms with Crippen LogP contribution in [-0.4, -0.2) is 35.0 Å². The number of hydrogen-bond donors (Lipinski definition) is 2. The summed E-state index contributed by atoms with van der Waals surface area (Å²) in [7, 11) is 0. The number of primary amides is 1. The smallest absolute Gasteiger partial charge is 0.338 e. The monoisotopic (exact) mass is 279 g/mol. The molecule has 0 aromatic heterocycles. The van der Waals surface area contributed by atoms with E-state index in [1.807, 2.05) is 0 Å². The number of para-hydroxylation sites is 1. The van der Waals surface area contributed by atoms with Crippen molar-refractivity contribution in [2.24, 2.45) is 11.7 Å². The van der Waals surface area contributed by atoms with Gasteiger partial charge < -0.3 is 15.7 Å². The van der Waals surface area contributed by atoms with Crippen LogP contribution in [-0.2, 0) is 4.79 Å². The largest absolute Gasteiger partial charge is 0.478 e. The predicted octanol–water partition coefficient (Wildman–Crippen LogP) is 0.605. The lowest BCUT2D eigenvalue weighted by Gasteiger charge is -2.20. The molecule has 8 heteroatoms. The Kier molecular flexibility index (Phi) is 3.55. The summed E-state index contributed by atoms with van der Waals surface area (Å²) in [6, 6.07) is 3.88. The molecule has 106 valence electrons. The Morgan fingerprint density at radius 1 is 1.45 bits per heavy atom. The minimum atomic E-state index is -1.24. The minimum Gasteiger partial charge on any atom is -0.478 e. The average molecular weight is 279 g/mol. The first-order valence-corrected chi connectivity index (χ1v) is 5.96. The van der Waals surface area contributed by atoms with E-state index in [4.69, 9.17) is 10.8 Å². The Morgan fingerprint density at radius 3 is 2.65 bits per heavy atom. The SMILES string of the molecule is NC(=O)C1CCN(c2c(C(=O)O)cccc2[N+](=O)[O-])C1. The summed E-state index contributed by atoms with van der Waals surface area (Å²) in [5.41, 5.74) is 4.82. The summed E-state index contributed by atoms with van der Waals surface area (Å²) >= 11 is 0. The van der Waals surface area contributed by atoms with E-state index in [1.165, 1.54) is 23.1 Å². The second-order valence-corrected chi connectivity index (χ2v) is 4.57. The van der Waals surface area contributed by atoms with Gasteiger partial charge in [-0.1, -0.05) is 6.07 Å². The molecule has 20 heavy (non-hydrogen) atoms. The van der Waals surface area contributed by atoms with Crippen molar-refractivity contribution >= 4 is 23.3 Å². The summed E-state index contributed by atoms with van der Waals surface area (Å²) in [6.45, 7) is 0.555. The van der Waals surface area contributed by atoms with Crippen molar-refractivity contribution in [3.05, 3.63) is 33.9 Å². The standard InChI is InChI=1S/C12H13N3O5/c13-11(16)7-4-5-14(6-7)10-8(12(17)18)2-1-3-9(10)15(19)20/h1-3,7H,4-6H2,(H2,13,16)(H,17,18). The van der Waals surface area contributed by atoms with E-state index in [9.17, 15) is 19.7 Å². The quantitative estimate of drug-likeness (QED) is 0.614. The van der Waals surface area contributed by atoms with Crippen LogP contribution in [0.3, 0.4) is 0 Å². The minimum absolute atomic E-state index is 0.0359. The van der Waals surface area contributed by atoms with Crippen LogP contribution >= 0.6 is 0 Å². The molecule has 1 saturated heterocycles. The van der Waals surface area contributed by atoms with Gasteiger partial charge in [0.2, 0.25) is 5.91 Å². The lowest BCUT2D eigenvalue weighted by molar-refractivity contribution is -0.384. The lowest BCUT2D eigenvalue weighted by Crippen LogP contribution is -2.28. The molecule has 0 spiro atoms. The fraction of sp³-hybridized carbons (Fsp3) is 0.333. The third-order valence-corrected chi connectivity index (χ3v) is 3.35. The number of amides is 1. The van der Waals surface area contributed by atoms with Gasteiger partial charge in [-0.15, -0.1) is 0 Å². The number of hydrogen-bond acceptors (Lipinski definition) is 5. The first-order chi connectivity index (χ1) is 9.41. The summed E-state index contributed by atoms with van der Waals surface area (Å²) < 4.78 is 0. The number of carbonyl (C=O) groups excluding carboxylic acids is 1. The van der Waals surface area contributed by atoms with Gasteiger partial charge in [-0.05, 0) is 12.5 Å². The number of nitro benzene ring substituents is 1. The number of nitrogens with zero attached hydrogens (tertiary/aromatic N) is 2. The first kappa shape index (κ1) is 13.8. The van der Waals surface area contributed by atoms with Gasteiger partial charge in [0.15, 0.2) is 0 Å². The molecule has 1 aliphatic heterocycles. The van der Waals surface area contributed by atoms with Crippen molar-refractivity contribution in [2.45, 2.75) is 6.42 Å². The molecule has 8 nitrogen and oxygen atoms in total. The molecule has 1 amide bonds. The third-order valence-electron chi connectivity index (χ3n) is 3.35. The highest BCUT2D eigenvalue weighted by molar-refractivity contribution is 5.97. The van der Waals surface area contributed by atoms with Crippen molar-refractivity contribution in [3.8, 4) is 0 Å². The highest BCUT2D eigenvalue weighted by atomic mass is 16.6. The van der Waals surface area contributed by atoms with Crippen LogP contribution < -0.4 is 10.6 Å². The Hall–Kier alpha value is -2.64. The van der Waals surface area contributed by atoms with Crippen molar-refractivity contribution in [1.82, 2.24) is 0 Å². The van der Waals surface area contributed by atoms with Crippen molar-refractivity contribution in [2.75, 3.05) is 18.0 Å². The van der Waals surface area contributed by atoms with E-state index in [-0.39, 0.29) is 23.5 Å². The zero-order valence-electron chi connectivity index (χ0n) is 10.5. The van der Waals surface area contributed by atoms with Crippen LogP contribution in [0.15, 0.2) is 18.2 Å². The number of nitro groups is 1. The highest BCUT2D eigenvalue weighted by Crippen LogP contribution is 2.35. The second kappa shape index (κ2) is 5.16. The molecule has 1 aliphatic rings. The van der Waals surface area contributed by atoms with Crippen LogP contribution in [0.5, 0.6) is 0 Å². The molecule has 0 saturated carbocycles. The maximum Gasteiger partial charge on any atom is 0.338 e. The third kappa shape index (κ3) is 2.40. The number of carbonyl (C=O) groups is 2.